The average molecular weight is 283 g/mol. The Balaban J connectivity index is 1.91. The highest BCUT2D eigenvalue weighted by Crippen LogP contribution is 2.17. The molecular weight excluding hydrogens is 266 g/mol. The number of carbonyl (C=O) groups excluding carboxylic acids is 1. The largest absolute Gasteiger partial charge is 0.356 e. The van der Waals surface area contributed by atoms with Crippen LogP contribution < -0.4 is 5.32 Å². The second-order valence-corrected chi connectivity index (χ2v) is 6.27. The molecule has 1 fully saturated rings. The summed E-state index contributed by atoms with van der Waals surface area (Å²) in [5, 5.41) is 2.71. The molecule has 1 amide bonds. The summed E-state index contributed by atoms with van der Waals surface area (Å²) >= 11 is 0. The van der Waals surface area contributed by atoms with E-state index >= 15 is 0 Å². The van der Waals surface area contributed by atoms with Crippen LogP contribution in [0.15, 0.2) is 29.2 Å². The molecular formula is C13H17NO4S. The number of hydrogen-bond donors (Lipinski definition) is 1. The highest BCUT2D eigenvalue weighted by atomic mass is 32.2. The number of amides is 1. The molecule has 6 heteroatoms. The zero-order valence-corrected chi connectivity index (χ0v) is 11.6. The predicted molar refractivity (Wildman–Crippen MR) is 70.1 cm³/mol. The van der Waals surface area contributed by atoms with Gasteiger partial charge >= 0.3 is 0 Å². The van der Waals surface area contributed by atoms with Gasteiger partial charge < -0.3 is 5.32 Å². The minimum Gasteiger partial charge on any atom is -0.356 e. The molecule has 1 atom stereocenters. The summed E-state index contributed by atoms with van der Waals surface area (Å²) in [7, 11) is -3.72. The van der Waals surface area contributed by atoms with E-state index < -0.39 is 10.1 Å². The van der Waals surface area contributed by atoms with Crippen molar-refractivity contribution in [2.45, 2.75) is 24.7 Å². The van der Waals surface area contributed by atoms with Crippen molar-refractivity contribution in [3.8, 4) is 0 Å². The molecule has 2 rings (SSSR count). The molecule has 0 aliphatic carbocycles. The van der Waals surface area contributed by atoms with E-state index in [9.17, 15) is 13.2 Å². The van der Waals surface area contributed by atoms with Gasteiger partial charge in [-0.1, -0.05) is 17.7 Å². The zero-order valence-electron chi connectivity index (χ0n) is 10.8. The van der Waals surface area contributed by atoms with Gasteiger partial charge in [-0.2, -0.15) is 8.42 Å². The Kier molecular flexibility index (Phi) is 4.21. The van der Waals surface area contributed by atoms with E-state index in [0.29, 0.717) is 13.0 Å². The lowest BCUT2D eigenvalue weighted by Gasteiger charge is -2.08. The Bertz CT molecular complexity index is 551. The summed E-state index contributed by atoms with van der Waals surface area (Å²) in [6.45, 7) is 2.58. The smallest absolute Gasteiger partial charge is 0.296 e. The molecule has 1 aliphatic heterocycles. The number of hydrogen-bond acceptors (Lipinski definition) is 4. The SMILES string of the molecule is Cc1ccc(S(=O)(=O)OCCC2CCNC2=O)cc1. The summed E-state index contributed by atoms with van der Waals surface area (Å²) in [6, 6.07) is 6.49. The Morgan fingerprint density at radius 1 is 1.32 bits per heavy atom. The first kappa shape index (κ1) is 14.0. The topological polar surface area (TPSA) is 72.5 Å². The van der Waals surface area contributed by atoms with Crippen LogP contribution in [0.1, 0.15) is 18.4 Å². The van der Waals surface area contributed by atoms with Crippen molar-refractivity contribution < 1.29 is 17.4 Å². The van der Waals surface area contributed by atoms with Crippen LogP contribution in [0, 0.1) is 12.8 Å². The van der Waals surface area contributed by atoms with Gasteiger partial charge in [-0.25, -0.2) is 0 Å². The highest BCUT2D eigenvalue weighted by molar-refractivity contribution is 7.86. The molecule has 0 spiro atoms. The fraction of sp³-hybridized carbons (Fsp3) is 0.462. The van der Waals surface area contributed by atoms with Crippen molar-refractivity contribution in [2.75, 3.05) is 13.2 Å². The van der Waals surface area contributed by atoms with Crippen LogP contribution >= 0.6 is 0 Å². The molecule has 0 saturated carbocycles. The van der Waals surface area contributed by atoms with Crippen molar-refractivity contribution >= 4 is 16.0 Å². The maximum Gasteiger partial charge on any atom is 0.296 e. The van der Waals surface area contributed by atoms with Crippen molar-refractivity contribution in [3.05, 3.63) is 29.8 Å². The summed E-state index contributed by atoms with van der Waals surface area (Å²) in [6.07, 6.45) is 1.17. The third-order valence-electron chi connectivity index (χ3n) is 3.18. The van der Waals surface area contributed by atoms with Gasteiger partial charge in [0.1, 0.15) is 0 Å². The average Bonchev–Trinajstić information content (AvgIpc) is 2.75. The minimum atomic E-state index is -3.72. The lowest BCUT2D eigenvalue weighted by atomic mass is 10.1. The summed E-state index contributed by atoms with van der Waals surface area (Å²) in [5.41, 5.74) is 0.988. The molecule has 1 aromatic carbocycles. The third kappa shape index (κ3) is 3.54. The van der Waals surface area contributed by atoms with Gasteiger partial charge in [-0.3, -0.25) is 8.98 Å². The molecule has 1 heterocycles. The number of aryl methyl sites for hydroxylation is 1. The molecule has 0 radical (unpaired) electrons. The van der Waals surface area contributed by atoms with Gasteiger partial charge in [0.15, 0.2) is 0 Å². The first-order valence-electron chi connectivity index (χ1n) is 6.23. The first-order chi connectivity index (χ1) is 8.99. The predicted octanol–water partition coefficient (Wildman–Crippen LogP) is 1.23. The van der Waals surface area contributed by atoms with E-state index in [4.69, 9.17) is 4.18 Å². The number of rotatable bonds is 5. The van der Waals surface area contributed by atoms with Gasteiger partial charge in [-0.15, -0.1) is 0 Å². The normalized spacial score (nSPS) is 19.4. The molecule has 19 heavy (non-hydrogen) atoms. The van der Waals surface area contributed by atoms with E-state index in [1.807, 2.05) is 6.92 Å². The Labute approximate surface area is 113 Å². The highest BCUT2D eigenvalue weighted by Gasteiger charge is 2.24. The lowest BCUT2D eigenvalue weighted by molar-refractivity contribution is -0.122. The number of carbonyl (C=O) groups is 1. The van der Waals surface area contributed by atoms with Crippen molar-refractivity contribution in [2.24, 2.45) is 5.92 Å². The summed E-state index contributed by atoms with van der Waals surface area (Å²) < 4.78 is 28.7. The lowest BCUT2D eigenvalue weighted by Crippen LogP contribution is -2.20. The van der Waals surface area contributed by atoms with E-state index in [-0.39, 0.29) is 23.3 Å². The molecule has 1 unspecified atom stereocenters. The van der Waals surface area contributed by atoms with E-state index in [0.717, 1.165) is 12.0 Å². The van der Waals surface area contributed by atoms with Crippen LogP contribution in [-0.2, 0) is 19.1 Å². The number of nitrogens with one attached hydrogen (secondary N) is 1. The van der Waals surface area contributed by atoms with Gasteiger partial charge in [-0.05, 0) is 31.9 Å². The zero-order chi connectivity index (χ0) is 13.9. The molecule has 1 aliphatic rings. The van der Waals surface area contributed by atoms with Crippen molar-refractivity contribution in [1.29, 1.82) is 0 Å². The van der Waals surface area contributed by atoms with Crippen LogP contribution in [0.5, 0.6) is 0 Å². The Morgan fingerprint density at radius 3 is 2.58 bits per heavy atom. The molecule has 5 nitrogen and oxygen atoms in total. The molecule has 1 aromatic rings. The number of benzene rings is 1. The molecule has 1 saturated heterocycles. The third-order valence-corrected chi connectivity index (χ3v) is 4.50. The van der Waals surface area contributed by atoms with Crippen LogP contribution in [0.4, 0.5) is 0 Å². The van der Waals surface area contributed by atoms with Gasteiger partial charge in [0.25, 0.3) is 10.1 Å². The molecule has 0 aromatic heterocycles. The molecule has 0 bridgehead atoms. The quantitative estimate of drug-likeness (QED) is 0.825. The van der Waals surface area contributed by atoms with Gasteiger partial charge in [0, 0.05) is 12.5 Å². The Hall–Kier alpha value is -1.40. The fourth-order valence-corrected chi connectivity index (χ4v) is 2.91. The first-order valence-corrected chi connectivity index (χ1v) is 7.64. The van der Waals surface area contributed by atoms with Crippen LogP contribution in [0.2, 0.25) is 0 Å². The van der Waals surface area contributed by atoms with Gasteiger partial charge in [0.05, 0.1) is 11.5 Å². The van der Waals surface area contributed by atoms with Crippen LogP contribution in [0.3, 0.4) is 0 Å². The summed E-state index contributed by atoms with van der Waals surface area (Å²) in [5.74, 6) is -0.149. The Morgan fingerprint density at radius 2 is 2.00 bits per heavy atom. The monoisotopic (exact) mass is 283 g/mol. The van der Waals surface area contributed by atoms with Crippen molar-refractivity contribution in [3.63, 3.8) is 0 Å². The standard InChI is InChI=1S/C13H17NO4S/c1-10-2-4-12(5-3-10)19(16,17)18-9-7-11-6-8-14-13(11)15/h2-5,11H,6-9H2,1H3,(H,14,15). The second kappa shape index (κ2) is 5.71. The van der Waals surface area contributed by atoms with E-state index in [2.05, 4.69) is 5.32 Å². The van der Waals surface area contributed by atoms with Crippen LogP contribution in [-0.4, -0.2) is 27.5 Å². The maximum absolute atomic E-state index is 11.9. The second-order valence-electron chi connectivity index (χ2n) is 4.65. The van der Waals surface area contributed by atoms with Crippen molar-refractivity contribution in [1.82, 2.24) is 5.32 Å². The van der Waals surface area contributed by atoms with E-state index in [1.54, 1.807) is 12.1 Å². The maximum atomic E-state index is 11.9. The van der Waals surface area contributed by atoms with Crippen LogP contribution in [0.25, 0.3) is 0 Å². The molecule has 104 valence electrons. The van der Waals surface area contributed by atoms with E-state index in [1.165, 1.54) is 12.1 Å². The van der Waals surface area contributed by atoms with Gasteiger partial charge in [0.2, 0.25) is 5.91 Å². The minimum absolute atomic E-state index is 0.0173. The molecule has 1 N–H and O–H groups in total. The summed E-state index contributed by atoms with van der Waals surface area (Å²) in [4.78, 5) is 11.5. The fourth-order valence-electron chi connectivity index (χ4n) is 1.99.